The van der Waals surface area contributed by atoms with Crippen LogP contribution in [0.5, 0.6) is 5.75 Å². The number of carbonyl (C=O) groups is 1. The summed E-state index contributed by atoms with van der Waals surface area (Å²) in [6, 6.07) is 4.00. The highest BCUT2D eigenvalue weighted by Gasteiger charge is 2.04. The van der Waals surface area contributed by atoms with Gasteiger partial charge < -0.3 is 15.2 Å². The van der Waals surface area contributed by atoms with Crippen molar-refractivity contribution in [1.82, 2.24) is 5.32 Å². The summed E-state index contributed by atoms with van der Waals surface area (Å²) in [7, 11) is 1.38. The maximum Gasteiger partial charge on any atom is 0.244 e. The van der Waals surface area contributed by atoms with Crippen molar-refractivity contribution in [3.8, 4) is 5.75 Å². The molecule has 0 aliphatic heterocycles. The smallest absolute Gasteiger partial charge is 0.244 e. The van der Waals surface area contributed by atoms with Crippen LogP contribution in [0.25, 0.3) is 6.08 Å². The first-order chi connectivity index (χ1) is 8.56. The molecule has 1 atom stereocenters. The van der Waals surface area contributed by atoms with Gasteiger partial charge in [0.1, 0.15) is 0 Å². The lowest BCUT2D eigenvalue weighted by Gasteiger charge is -2.07. The van der Waals surface area contributed by atoms with Crippen molar-refractivity contribution in [2.45, 2.75) is 13.0 Å². The summed E-state index contributed by atoms with van der Waals surface area (Å²) in [5, 5.41) is 11.3. The van der Waals surface area contributed by atoms with E-state index in [0.717, 1.165) is 0 Å². The number of halogens is 1. The number of benzene rings is 1. The van der Waals surface area contributed by atoms with Gasteiger partial charge in [0, 0.05) is 12.1 Å². The summed E-state index contributed by atoms with van der Waals surface area (Å²) in [6.07, 6.45) is 2.86. The molecule has 1 aromatic rings. The summed E-state index contributed by atoms with van der Waals surface area (Å²) in [5.41, 5.74) is 0.653. The van der Waals surface area contributed by atoms with Gasteiger partial charge in [-0.25, -0.2) is 4.39 Å². The van der Waals surface area contributed by atoms with E-state index in [0.29, 0.717) is 5.56 Å². The zero-order valence-corrected chi connectivity index (χ0v) is 10.3. The van der Waals surface area contributed by atoms with E-state index in [1.807, 2.05) is 0 Å². The highest BCUT2D eigenvalue weighted by atomic mass is 19.1. The lowest BCUT2D eigenvalue weighted by molar-refractivity contribution is -0.117. The summed E-state index contributed by atoms with van der Waals surface area (Å²) in [4.78, 5) is 11.4. The van der Waals surface area contributed by atoms with E-state index < -0.39 is 5.82 Å². The molecule has 0 heterocycles. The number of hydrogen-bond acceptors (Lipinski definition) is 3. The van der Waals surface area contributed by atoms with Crippen molar-refractivity contribution in [2.75, 3.05) is 13.7 Å². The molecule has 18 heavy (non-hydrogen) atoms. The zero-order chi connectivity index (χ0) is 13.5. The number of aliphatic hydroxyl groups excluding tert-OH is 1. The van der Waals surface area contributed by atoms with E-state index in [1.54, 1.807) is 13.0 Å². The quantitative estimate of drug-likeness (QED) is 0.779. The van der Waals surface area contributed by atoms with Crippen molar-refractivity contribution < 1.29 is 19.0 Å². The molecule has 0 aromatic heterocycles. The molecule has 0 saturated heterocycles. The molecular weight excluding hydrogens is 237 g/mol. The van der Waals surface area contributed by atoms with Gasteiger partial charge in [0.2, 0.25) is 5.91 Å². The largest absolute Gasteiger partial charge is 0.494 e. The Labute approximate surface area is 105 Å². The predicted molar refractivity (Wildman–Crippen MR) is 66.7 cm³/mol. The summed E-state index contributed by atoms with van der Waals surface area (Å²) in [5.74, 6) is -0.644. The Hall–Kier alpha value is -1.88. The van der Waals surface area contributed by atoms with E-state index in [2.05, 4.69) is 5.32 Å². The number of amides is 1. The van der Waals surface area contributed by atoms with E-state index in [9.17, 15) is 9.18 Å². The Morgan fingerprint density at radius 3 is 2.94 bits per heavy atom. The first-order valence-corrected chi connectivity index (χ1v) is 5.49. The predicted octanol–water partition coefficient (Wildman–Crippen LogP) is 1.34. The third kappa shape index (κ3) is 4.18. The molecule has 5 heteroatoms. The Kier molecular flexibility index (Phi) is 5.32. The Morgan fingerprint density at radius 2 is 2.33 bits per heavy atom. The molecule has 0 aliphatic carbocycles. The van der Waals surface area contributed by atoms with Gasteiger partial charge in [0.15, 0.2) is 11.6 Å². The molecule has 2 N–H and O–H groups in total. The number of ether oxygens (including phenoxy) is 1. The molecule has 0 saturated carbocycles. The van der Waals surface area contributed by atoms with Gasteiger partial charge in [-0.2, -0.15) is 0 Å². The highest BCUT2D eigenvalue weighted by molar-refractivity contribution is 5.91. The number of aliphatic hydroxyl groups is 1. The second-order valence-corrected chi connectivity index (χ2v) is 3.82. The molecule has 0 radical (unpaired) electrons. The summed E-state index contributed by atoms with van der Waals surface area (Å²) in [6.45, 7) is 1.57. The lowest BCUT2D eigenvalue weighted by Crippen LogP contribution is -2.33. The normalized spacial score (nSPS) is 12.4. The van der Waals surface area contributed by atoms with Gasteiger partial charge in [0.05, 0.1) is 13.7 Å². The monoisotopic (exact) mass is 253 g/mol. The van der Waals surface area contributed by atoms with Gasteiger partial charge >= 0.3 is 0 Å². The van der Waals surface area contributed by atoms with Crippen LogP contribution in [0.1, 0.15) is 12.5 Å². The van der Waals surface area contributed by atoms with Crippen molar-refractivity contribution in [2.24, 2.45) is 0 Å². The van der Waals surface area contributed by atoms with Crippen LogP contribution in [-0.4, -0.2) is 30.8 Å². The molecule has 1 rings (SSSR count). The van der Waals surface area contributed by atoms with Crippen molar-refractivity contribution in [3.05, 3.63) is 35.7 Å². The van der Waals surface area contributed by atoms with Gasteiger partial charge in [-0.05, 0) is 30.7 Å². The van der Waals surface area contributed by atoms with Crippen molar-refractivity contribution >= 4 is 12.0 Å². The Bertz CT molecular complexity index is 446. The van der Waals surface area contributed by atoms with Crippen LogP contribution in [0, 0.1) is 5.82 Å². The maximum absolute atomic E-state index is 13.1. The Balaban J connectivity index is 2.69. The molecular formula is C13H16FNO3. The average Bonchev–Trinajstić information content (AvgIpc) is 2.37. The molecule has 1 amide bonds. The molecule has 0 unspecified atom stereocenters. The second-order valence-electron chi connectivity index (χ2n) is 3.82. The molecule has 1 aromatic carbocycles. The van der Waals surface area contributed by atoms with E-state index >= 15 is 0 Å². The molecule has 0 spiro atoms. The van der Waals surface area contributed by atoms with E-state index in [1.165, 1.54) is 31.4 Å². The fourth-order valence-electron chi connectivity index (χ4n) is 1.29. The minimum Gasteiger partial charge on any atom is -0.494 e. The molecule has 0 fully saturated rings. The molecule has 98 valence electrons. The standard InChI is InChI=1S/C13H16FNO3/c1-9(8-16)15-13(17)6-4-10-3-5-11(14)12(7-10)18-2/h3-7,9,16H,8H2,1-2H3,(H,15,17)/b6-4+/t9-/m1/s1. The SMILES string of the molecule is COc1cc(/C=C/C(=O)N[C@H](C)CO)ccc1F. The molecule has 0 bridgehead atoms. The molecule has 0 aliphatic rings. The van der Waals surface area contributed by atoms with Gasteiger partial charge in [-0.3, -0.25) is 4.79 Å². The fourth-order valence-corrected chi connectivity index (χ4v) is 1.29. The average molecular weight is 253 g/mol. The van der Waals surface area contributed by atoms with Gasteiger partial charge in [0.25, 0.3) is 0 Å². The van der Waals surface area contributed by atoms with Crippen LogP contribution in [-0.2, 0) is 4.79 Å². The summed E-state index contributed by atoms with van der Waals surface area (Å²) >= 11 is 0. The minimum atomic E-state index is -0.451. The third-order valence-electron chi connectivity index (χ3n) is 2.26. The third-order valence-corrected chi connectivity index (χ3v) is 2.26. The Morgan fingerprint density at radius 1 is 1.61 bits per heavy atom. The second kappa shape index (κ2) is 6.76. The van der Waals surface area contributed by atoms with Crippen LogP contribution in [0.15, 0.2) is 24.3 Å². The first-order valence-electron chi connectivity index (χ1n) is 5.49. The van der Waals surface area contributed by atoms with E-state index in [4.69, 9.17) is 9.84 Å². The maximum atomic E-state index is 13.1. The van der Waals surface area contributed by atoms with Crippen molar-refractivity contribution in [1.29, 1.82) is 0 Å². The first kappa shape index (κ1) is 14.2. The number of carbonyl (C=O) groups excluding carboxylic acids is 1. The van der Waals surface area contributed by atoms with Crippen LogP contribution in [0.4, 0.5) is 4.39 Å². The highest BCUT2D eigenvalue weighted by Crippen LogP contribution is 2.18. The lowest BCUT2D eigenvalue weighted by atomic mass is 10.2. The van der Waals surface area contributed by atoms with Gasteiger partial charge in [-0.15, -0.1) is 0 Å². The van der Waals surface area contributed by atoms with Crippen LogP contribution in [0.3, 0.4) is 0 Å². The number of methoxy groups -OCH3 is 1. The minimum absolute atomic E-state index is 0.121. The number of rotatable bonds is 5. The summed E-state index contributed by atoms with van der Waals surface area (Å²) < 4.78 is 18.0. The fraction of sp³-hybridized carbons (Fsp3) is 0.308. The van der Waals surface area contributed by atoms with E-state index in [-0.39, 0.29) is 24.3 Å². The van der Waals surface area contributed by atoms with Gasteiger partial charge in [-0.1, -0.05) is 6.07 Å². The molecule has 4 nitrogen and oxygen atoms in total. The topological polar surface area (TPSA) is 58.6 Å². The van der Waals surface area contributed by atoms with Crippen LogP contribution in [0.2, 0.25) is 0 Å². The van der Waals surface area contributed by atoms with Crippen LogP contribution < -0.4 is 10.1 Å². The number of nitrogens with one attached hydrogen (secondary N) is 1. The van der Waals surface area contributed by atoms with Crippen LogP contribution >= 0.6 is 0 Å². The van der Waals surface area contributed by atoms with Crippen molar-refractivity contribution in [3.63, 3.8) is 0 Å². The number of hydrogen-bond donors (Lipinski definition) is 2. The zero-order valence-electron chi connectivity index (χ0n) is 10.3.